The van der Waals surface area contributed by atoms with E-state index in [1.165, 1.54) is 12.2 Å². The van der Waals surface area contributed by atoms with Crippen molar-refractivity contribution >= 4 is 23.4 Å². The van der Waals surface area contributed by atoms with Crippen LogP contribution in [0.3, 0.4) is 0 Å². The molecule has 1 unspecified atom stereocenters. The normalized spacial score (nSPS) is 20.8. The van der Waals surface area contributed by atoms with Crippen molar-refractivity contribution in [3.05, 3.63) is 28.8 Å². The molecule has 2 N–H and O–H groups in total. The third kappa shape index (κ3) is 3.56. The Bertz CT molecular complexity index is 411. The summed E-state index contributed by atoms with van der Waals surface area (Å²) >= 11 is 8.21. The van der Waals surface area contributed by atoms with Crippen LogP contribution in [0.4, 0.5) is 0 Å². The first-order valence-electron chi connectivity index (χ1n) is 6.30. The fourth-order valence-electron chi connectivity index (χ4n) is 1.98. The first kappa shape index (κ1) is 14.0. The summed E-state index contributed by atoms with van der Waals surface area (Å²) in [5, 5.41) is 0.654. The van der Waals surface area contributed by atoms with Crippen molar-refractivity contribution in [3.63, 3.8) is 0 Å². The Morgan fingerprint density at radius 1 is 1.44 bits per heavy atom. The van der Waals surface area contributed by atoms with Crippen molar-refractivity contribution in [1.82, 2.24) is 0 Å². The highest BCUT2D eigenvalue weighted by molar-refractivity contribution is 7.99. The van der Waals surface area contributed by atoms with E-state index in [2.05, 4.69) is 0 Å². The van der Waals surface area contributed by atoms with E-state index in [0.29, 0.717) is 5.02 Å². The Labute approximate surface area is 118 Å². The largest absolute Gasteiger partial charge is 0.488 e. The van der Waals surface area contributed by atoms with Crippen LogP contribution in [-0.2, 0) is 5.54 Å². The van der Waals surface area contributed by atoms with Crippen molar-refractivity contribution in [2.75, 3.05) is 11.5 Å². The molecule has 0 bridgehead atoms. The van der Waals surface area contributed by atoms with Crippen LogP contribution in [0.5, 0.6) is 5.75 Å². The van der Waals surface area contributed by atoms with E-state index < -0.39 is 0 Å². The topological polar surface area (TPSA) is 35.2 Å². The molecule has 18 heavy (non-hydrogen) atoms. The van der Waals surface area contributed by atoms with Crippen LogP contribution in [0.2, 0.25) is 5.02 Å². The van der Waals surface area contributed by atoms with E-state index in [1.54, 1.807) is 0 Å². The number of halogens is 1. The highest BCUT2D eigenvalue weighted by atomic mass is 35.5. The maximum atomic E-state index is 6.27. The average Bonchev–Trinajstić information content (AvgIpc) is 2.32. The van der Waals surface area contributed by atoms with Gasteiger partial charge in [0.1, 0.15) is 11.9 Å². The van der Waals surface area contributed by atoms with Crippen molar-refractivity contribution in [3.8, 4) is 5.75 Å². The first-order valence-corrected chi connectivity index (χ1v) is 7.83. The second-order valence-electron chi connectivity index (χ2n) is 5.32. The molecule has 2 nitrogen and oxygen atoms in total. The molecule has 1 aliphatic rings. The molecule has 1 saturated heterocycles. The van der Waals surface area contributed by atoms with Crippen LogP contribution in [0.15, 0.2) is 18.2 Å². The third-order valence-electron chi connectivity index (χ3n) is 3.09. The summed E-state index contributed by atoms with van der Waals surface area (Å²) in [6.07, 6.45) is 2.63. The van der Waals surface area contributed by atoms with E-state index in [0.717, 1.165) is 23.5 Å². The van der Waals surface area contributed by atoms with Crippen molar-refractivity contribution < 1.29 is 4.74 Å². The Morgan fingerprint density at radius 2 is 2.22 bits per heavy atom. The molecule has 0 saturated carbocycles. The zero-order chi connectivity index (χ0) is 13.2. The minimum absolute atomic E-state index is 0.290. The lowest BCUT2D eigenvalue weighted by atomic mass is 9.96. The fraction of sp³-hybridized carbons (Fsp3) is 0.571. The number of nitrogens with two attached hydrogens (primary N) is 1. The highest BCUT2D eigenvalue weighted by Crippen LogP contribution is 2.31. The monoisotopic (exact) mass is 285 g/mol. The molecule has 1 heterocycles. The predicted octanol–water partition coefficient (Wildman–Crippen LogP) is 3.81. The molecular weight excluding hydrogens is 266 g/mol. The van der Waals surface area contributed by atoms with Gasteiger partial charge in [-0.1, -0.05) is 17.7 Å². The van der Waals surface area contributed by atoms with Crippen LogP contribution >= 0.6 is 23.4 Å². The van der Waals surface area contributed by atoms with Gasteiger partial charge in [-0.2, -0.15) is 11.8 Å². The van der Waals surface area contributed by atoms with Gasteiger partial charge in [-0.15, -0.1) is 0 Å². The number of hydrogen-bond acceptors (Lipinski definition) is 3. The Morgan fingerprint density at radius 3 is 2.78 bits per heavy atom. The lowest BCUT2D eigenvalue weighted by Crippen LogP contribution is -2.28. The average molecular weight is 286 g/mol. The van der Waals surface area contributed by atoms with Crippen LogP contribution < -0.4 is 10.5 Å². The molecule has 2 rings (SSSR count). The standard InChI is InChI=1S/C14H20ClNOS/c1-14(2,16)10-5-6-13(12(15)8-10)17-11-4-3-7-18-9-11/h5-6,8,11H,3-4,7,9,16H2,1-2H3. The van der Waals surface area contributed by atoms with Gasteiger partial charge < -0.3 is 10.5 Å². The summed E-state index contributed by atoms with van der Waals surface area (Å²) in [7, 11) is 0. The molecule has 0 aliphatic carbocycles. The van der Waals surface area contributed by atoms with E-state index in [-0.39, 0.29) is 11.6 Å². The molecule has 1 aromatic rings. The minimum Gasteiger partial charge on any atom is -0.488 e. The molecule has 1 atom stereocenters. The van der Waals surface area contributed by atoms with Crippen molar-refractivity contribution in [2.24, 2.45) is 5.73 Å². The molecule has 0 aromatic heterocycles. The van der Waals surface area contributed by atoms with Crippen LogP contribution in [0.1, 0.15) is 32.3 Å². The number of rotatable bonds is 3. The zero-order valence-corrected chi connectivity index (χ0v) is 12.5. The second-order valence-corrected chi connectivity index (χ2v) is 6.88. The van der Waals surface area contributed by atoms with Crippen LogP contribution in [-0.4, -0.2) is 17.6 Å². The van der Waals surface area contributed by atoms with E-state index in [9.17, 15) is 0 Å². The van der Waals surface area contributed by atoms with Gasteiger partial charge in [0.2, 0.25) is 0 Å². The molecule has 4 heteroatoms. The molecule has 0 amide bonds. The van der Waals surface area contributed by atoms with Gasteiger partial charge >= 0.3 is 0 Å². The maximum Gasteiger partial charge on any atom is 0.138 e. The summed E-state index contributed by atoms with van der Waals surface area (Å²) < 4.78 is 5.96. The van der Waals surface area contributed by atoms with Gasteiger partial charge in [0.15, 0.2) is 0 Å². The second kappa shape index (κ2) is 5.72. The number of thioether (sulfide) groups is 1. The Balaban J connectivity index is 2.09. The summed E-state index contributed by atoms with van der Waals surface area (Å²) in [4.78, 5) is 0. The summed E-state index contributed by atoms with van der Waals surface area (Å²) in [5.41, 5.74) is 6.71. The minimum atomic E-state index is -0.372. The predicted molar refractivity (Wildman–Crippen MR) is 79.6 cm³/mol. The SMILES string of the molecule is CC(C)(N)c1ccc(OC2CCCSC2)c(Cl)c1. The van der Waals surface area contributed by atoms with E-state index in [1.807, 2.05) is 43.8 Å². The van der Waals surface area contributed by atoms with Crippen LogP contribution in [0, 0.1) is 0 Å². The molecular formula is C14H20ClNOS. The summed E-state index contributed by atoms with van der Waals surface area (Å²) in [6.45, 7) is 3.94. The molecule has 1 aliphatic heterocycles. The van der Waals surface area contributed by atoms with E-state index >= 15 is 0 Å². The molecule has 100 valence electrons. The van der Waals surface area contributed by atoms with Crippen LogP contribution in [0.25, 0.3) is 0 Å². The first-order chi connectivity index (χ1) is 8.47. The number of benzene rings is 1. The van der Waals surface area contributed by atoms with Crippen molar-refractivity contribution in [2.45, 2.75) is 38.3 Å². The molecule has 0 radical (unpaired) electrons. The van der Waals surface area contributed by atoms with Gasteiger partial charge in [-0.05, 0) is 50.1 Å². The van der Waals surface area contributed by atoms with Gasteiger partial charge in [-0.25, -0.2) is 0 Å². The Kier molecular flexibility index (Phi) is 4.46. The van der Waals surface area contributed by atoms with Gasteiger partial charge in [0.25, 0.3) is 0 Å². The van der Waals surface area contributed by atoms with Gasteiger partial charge in [0, 0.05) is 11.3 Å². The van der Waals surface area contributed by atoms with Gasteiger partial charge in [-0.3, -0.25) is 0 Å². The quantitative estimate of drug-likeness (QED) is 0.917. The lowest BCUT2D eigenvalue weighted by molar-refractivity contribution is 0.211. The van der Waals surface area contributed by atoms with Crippen molar-refractivity contribution in [1.29, 1.82) is 0 Å². The number of hydrogen-bond donors (Lipinski definition) is 1. The summed E-state index contributed by atoms with van der Waals surface area (Å²) in [6, 6.07) is 5.84. The highest BCUT2D eigenvalue weighted by Gasteiger charge is 2.19. The zero-order valence-electron chi connectivity index (χ0n) is 10.9. The molecule has 1 aromatic carbocycles. The van der Waals surface area contributed by atoms with E-state index in [4.69, 9.17) is 22.1 Å². The summed E-state index contributed by atoms with van der Waals surface area (Å²) in [5.74, 6) is 3.08. The Hall–Kier alpha value is -0.380. The molecule has 1 fully saturated rings. The number of ether oxygens (including phenoxy) is 1. The van der Waals surface area contributed by atoms with Gasteiger partial charge in [0.05, 0.1) is 5.02 Å². The maximum absolute atomic E-state index is 6.27. The smallest absolute Gasteiger partial charge is 0.138 e. The lowest BCUT2D eigenvalue weighted by Gasteiger charge is -2.24. The fourth-order valence-corrected chi connectivity index (χ4v) is 3.24. The molecule has 0 spiro atoms. The third-order valence-corrected chi connectivity index (χ3v) is 4.57.